The Balaban J connectivity index is 1.33. The lowest BCUT2D eigenvalue weighted by Gasteiger charge is -2.43. The van der Waals surface area contributed by atoms with Crippen molar-refractivity contribution < 1.29 is 0 Å². The Bertz CT molecular complexity index is 792. The van der Waals surface area contributed by atoms with Gasteiger partial charge in [0.2, 0.25) is 0 Å². The van der Waals surface area contributed by atoms with E-state index in [-0.39, 0.29) is 5.41 Å². The molecular formula is C23H31N5. The summed E-state index contributed by atoms with van der Waals surface area (Å²) in [5.41, 5.74) is 2.92. The fourth-order valence-electron chi connectivity index (χ4n) is 4.31. The van der Waals surface area contributed by atoms with Crippen molar-refractivity contribution in [3.05, 3.63) is 59.8 Å². The molecule has 2 aliphatic rings. The SMILES string of the molecule is CN=C(NCc1ccnc(N2CCCC2)c1)NCC1(c2ccccc2)CCC1. The second-order valence-electron chi connectivity index (χ2n) is 8.00. The highest BCUT2D eigenvalue weighted by molar-refractivity contribution is 5.79. The van der Waals surface area contributed by atoms with Gasteiger partial charge in [-0.3, -0.25) is 4.99 Å². The van der Waals surface area contributed by atoms with Gasteiger partial charge < -0.3 is 15.5 Å². The molecule has 1 saturated carbocycles. The number of pyridine rings is 1. The molecule has 0 radical (unpaired) electrons. The van der Waals surface area contributed by atoms with Crippen molar-refractivity contribution in [3.63, 3.8) is 0 Å². The van der Waals surface area contributed by atoms with Gasteiger partial charge in [0.05, 0.1) is 0 Å². The van der Waals surface area contributed by atoms with Crippen LogP contribution in [-0.4, -0.2) is 37.6 Å². The molecule has 0 amide bonds. The topological polar surface area (TPSA) is 52.6 Å². The lowest BCUT2D eigenvalue weighted by atomic mass is 9.64. The predicted molar refractivity (Wildman–Crippen MR) is 116 cm³/mol. The molecule has 2 aromatic rings. The normalized spacial score (nSPS) is 18.6. The van der Waals surface area contributed by atoms with Crippen molar-refractivity contribution in [2.24, 2.45) is 4.99 Å². The van der Waals surface area contributed by atoms with Gasteiger partial charge in [-0.15, -0.1) is 0 Å². The Labute approximate surface area is 168 Å². The highest BCUT2D eigenvalue weighted by atomic mass is 15.2. The molecule has 5 heteroatoms. The van der Waals surface area contributed by atoms with Crippen LogP contribution in [0.25, 0.3) is 0 Å². The first-order valence-corrected chi connectivity index (χ1v) is 10.5. The van der Waals surface area contributed by atoms with E-state index < -0.39 is 0 Å². The molecule has 4 rings (SSSR count). The summed E-state index contributed by atoms with van der Waals surface area (Å²) in [7, 11) is 1.84. The molecule has 0 bridgehead atoms. The molecule has 0 atom stereocenters. The molecule has 2 heterocycles. The van der Waals surface area contributed by atoms with E-state index in [0.717, 1.165) is 38.0 Å². The maximum atomic E-state index is 4.54. The summed E-state index contributed by atoms with van der Waals surface area (Å²) in [6.07, 6.45) is 8.24. The number of anilines is 1. The van der Waals surface area contributed by atoms with Gasteiger partial charge in [0.15, 0.2) is 5.96 Å². The van der Waals surface area contributed by atoms with Crippen molar-refractivity contribution in [3.8, 4) is 0 Å². The first kappa shape index (κ1) is 18.8. The quantitative estimate of drug-likeness (QED) is 0.598. The molecule has 1 aromatic carbocycles. The number of aromatic nitrogens is 1. The molecule has 0 spiro atoms. The third kappa shape index (κ3) is 4.13. The summed E-state index contributed by atoms with van der Waals surface area (Å²) in [6, 6.07) is 15.2. The highest BCUT2D eigenvalue weighted by Crippen LogP contribution is 2.43. The highest BCUT2D eigenvalue weighted by Gasteiger charge is 2.38. The van der Waals surface area contributed by atoms with E-state index in [1.807, 2.05) is 13.2 Å². The minimum atomic E-state index is 0.248. The number of nitrogens with zero attached hydrogens (tertiary/aromatic N) is 3. The average molecular weight is 378 g/mol. The zero-order chi connectivity index (χ0) is 19.2. The minimum absolute atomic E-state index is 0.248. The van der Waals surface area contributed by atoms with Gasteiger partial charge in [0, 0.05) is 44.8 Å². The van der Waals surface area contributed by atoms with Crippen LogP contribution in [-0.2, 0) is 12.0 Å². The molecule has 148 valence electrons. The van der Waals surface area contributed by atoms with Crippen molar-refractivity contribution in [1.82, 2.24) is 15.6 Å². The number of aliphatic imine (C=N–C) groups is 1. The summed E-state index contributed by atoms with van der Waals surface area (Å²) < 4.78 is 0. The van der Waals surface area contributed by atoms with E-state index in [9.17, 15) is 0 Å². The largest absolute Gasteiger partial charge is 0.357 e. The molecule has 0 unspecified atom stereocenters. The summed E-state index contributed by atoms with van der Waals surface area (Å²) in [4.78, 5) is 11.3. The number of rotatable bonds is 6. The molecule has 5 nitrogen and oxygen atoms in total. The molecule has 1 aliphatic heterocycles. The molecular weight excluding hydrogens is 346 g/mol. The van der Waals surface area contributed by atoms with Crippen molar-refractivity contribution in [1.29, 1.82) is 0 Å². The molecule has 2 fully saturated rings. The number of benzene rings is 1. The van der Waals surface area contributed by atoms with Crippen LogP contribution in [0.1, 0.15) is 43.2 Å². The first-order chi connectivity index (χ1) is 13.8. The smallest absolute Gasteiger partial charge is 0.191 e. The van der Waals surface area contributed by atoms with Crippen molar-refractivity contribution in [2.75, 3.05) is 31.6 Å². The maximum Gasteiger partial charge on any atom is 0.191 e. The van der Waals surface area contributed by atoms with Gasteiger partial charge in [-0.25, -0.2) is 4.98 Å². The molecule has 1 saturated heterocycles. The van der Waals surface area contributed by atoms with E-state index >= 15 is 0 Å². The van der Waals surface area contributed by atoms with Gasteiger partial charge >= 0.3 is 0 Å². The van der Waals surface area contributed by atoms with Crippen LogP contribution in [0, 0.1) is 0 Å². The standard InChI is InChI=1S/C23H31N5/c1-24-22(27-18-23(11-7-12-23)20-8-3-2-4-9-20)26-17-19-10-13-25-21(16-19)28-14-5-6-15-28/h2-4,8-10,13,16H,5-7,11-12,14-15,17-18H2,1H3,(H2,24,26,27). The Morgan fingerprint density at radius 2 is 1.86 bits per heavy atom. The van der Waals surface area contributed by atoms with Gasteiger partial charge in [-0.2, -0.15) is 0 Å². The Hall–Kier alpha value is -2.56. The zero-order valence-electron chi connectivity index (χ0n) is 16.8. The second kappa shape index (κ2) is 8.63. The number of hydrogen-bond donors (Lipinski definition) is 2. The monoisotopic (exact) mass is 377 g/mol. The summed E-state index contributed by atoms with van der Waals surface area (Å²) in [6.45, 7) is 3.91. The van der Waals surface area contributed by atoms with Crippen molar-refractivity contribution >= 4 is 11.8 Å². The van der Waals surface area contributed by atoms with Crippen LogP contribution in [0.3, 0.4) is 0 Å². The first-order valence-electron chi connectivity index (χ1n) is 10.5. The summed E-state index contributed by atoms with van der Waals surface area (Å²) in [5.74, 6) is 1.96. The Morgan fingerprint density at radius 1 is 1.07 bits per heavy atom. The van der Waals surface area contributed by atoms with E-state index in [0.29, 0.717) is 0 Å². The summed E-state index contributed by atoms with van der Waals surface area (Å²) >= 11 is 0. The number of hydrogen-bond acceptors (Lipinski definition) is 3. The third-order valence-electron chi connectivity index (χ3n) is 6.21. The fraction of sp³-hybridized carbons (Fsp3) is 0.478. The van der Waals surface area contributed by atoms with E-state index in [2.05, 4.69) is 68.0 Å². The fourth-order valence-corrected chi connectivity index (χ4v) is 4.31. The van der Waals surface area contributed by atoms with Crippen LogP contribution < -0.4 is 15.5 Å². The van der Waals surface area contributed by atoms with Crippen LogP contribution >= 0.6 is 0 Å². The van der Waals surface area contributed by atoms with Gasteiger partial charge in [0.1, 0.15) is 5.82 Å². The molecule has 1 aromatic heterocycles. The number of guanidine groups is 1. The lowest BCUT2D eigenvalue weighted by Crippen LogP contribution is -2.48. The minimum Gasteiger partial charge on any atom is -0.357 e. The van der Waals surface area contributed by atoms with E-state index in [4.69, 9.17) is 0 Å². The molecule has 28 heavy (non-hydrogen) atoms. The molecule has 1 aliphatic carbocycles. The average Bonchev–Trinajstić information content (AvgIpc) is 3.25. The Kier molecular flexibility index (Phi) is 5.79. The van der Waals surface area contributed by atoms with Gasteiger partial charge in [-0.05, 0) is 48.9 Å². The predicted octanol–water partition coefficient (Wildman–Crippen LogP) is 3.47. The maximum absolute atomic E-state index is 4.54. The van der Waals surface area contributed by atoms with Gasteiger partial charge in [-0.1, -0.05) is 36.8 Å². The number of nitrogens with one attached hydrogen (secondary N) is 2. The van der Waals surface area contributed by atoms with Crippen LogP contribution in [0.15, 0.2) is 53.7 Å². The van der Waals surface area contributed by atoms with E-state index in [1.54, 1.807) is 0 Å². The van der Waals surface area contributed by atoms with Crippen LogP contribution in [0.2, 0.25) is 0 Å². The zero-order valence-corrected chi connectivity index (χ0v) is 16.8. The second-order valence-corrected chi connectivity index (χ2v) is 8.00. The summed E-state index contributed by atoms with van der Waals surface area (Å²) in [5, 5.41) is 7.03. The van der Waals surface area contributed by atoms with Crippen molar-refractivity contribution in [2.45, 2.75) is 44.1 Å². The third-order valence-corrected chi connectivity index (χ3v) is 6.21. The van der Waals surface area contributed by atoms with Gasteiger partial charge in [0.25, 0.3) is 0 Å². The van der Waals surface area contributed by atoms with E-state index in [1.165, 1.54) is 43.2 Å². The lowest BCUT2D eigenvalue weighted by molar-refractivity contribution is 0.244. The van der Waals surface area contributed by atoms with Crippen LogP contribution in [0.4, 0.5) is 5.82 Å². The molecule has 2 N–H and O–H groups in total. The van der Waals surface area contributed by atoms with Crippen LogP contribution in [0.5, 0.6) is 0 Å². The Morgan fingerprint density at radius 3 is 2.54 bits per heavy atom.